The molecular weight excluding hydrogens is 326 g/mol. The quantitative estimate of drug-likeness (QED) is 0.532. The van der Waals surface area contributed by atoms with Gasteiger partial charge in [-0.1, -0.05) is 12.1 Å². The fraction of sp³-hybridized carbons (Fsp3) is 0.143. The number of para-hydroxylation sites is 1. The number of benzene rings is 2. The van der Waals surface area contributed by atoms with Crippen LogP contribution in [-0.4, -0.2) is 24.1 Å². The van der Waals surface area contributed by atoms with Crippen LogP contribution >= 0.6 is 0 Å². The summed E-state index contributed by atoms with van der Waals surface area (Å²) in [5, 5.41) is 1.01. The monoisotopic (exact) mass is 345 g/mol. The zero-order valence-electron chi connectivity index (χ0n) is 14.7. The van der Waals surface area contributed by atoms with Crippen LogP contribution in [0.3, 0.4) is 0 Å². The molecule has 130 valence electrons. The van der Waals surface area contributed by atoms with Gasteiger partial charge in [0.15, 0.2) is 5.82 Å². The Balaban J connectivity index is 1.79. The summed E-state index contributed by atoms with van der Waals surface area (Å²) in [6.45, 7) is 0.635. The lowest BCUT2D eigenvalue weighted by atomic mass is 10.1. The molecule has 0 radical (unpaired) electrons. The average Bonchev–Trinajstić information content (AvgIpc) is 3.20. The van der Waals surface area contributed by atoms with Gasteiger partial charge in [0.25, 0.3) is 0 Å². The third-order valence-corrected chi connectivity index (χ3v) is 4.27. The van der Waals surface area contributed by atoms with Gasteiger partial charge in [0.1, 0.15) is 17.3 Å². The molecule has 0 aliphatic carbocycles. The molecule has 0 saturated heterocycles. The minimum Gasteiger partial charge on any atom is -0.497 e. The van der Waals surface area contributed by atoms with E-state index in [0.29, 0.717) is 12.4 Å². The lowest BCUT2D eigenvalue weighted by molar-refractivity contribution is 0.415. The zero-order valence-corrected chi connectivity index (χ0v) is 14.7. The molecule has 0 fully saturated rings. The van der Waals surface area contributed by atoms with Crippen molar-refractivity contribution in [1.29, 1.82) is 0 Å². The number of furan rings is 1. The van der Waals surface area contributed by atoms with Crippen LogP contribution in [0.5, 0.6) is 5.75 Å². The van der Waals surface area contributed by atoms with Gasteiger partial charge in [-0.3, -0.25) is 0 Å². The van der Waals surface area contributed by atoms with E-state index in [-0.39, 0.29) is 0 Å². The zero-order chi connectivity index (χ0) is 17.9. The molecule has 4 rings (SSSR count). The van der Waals surface area contributed by atoms with Crippen molar-refractivity contribution in [2.45, 2.75) is 6.54 Å². The second kappa shape index (κ2) is 6.88. The van der Waals surface area contributed by atoms with Gasteiger partial charge in [-0.05, 0) is 48.5 Å². The highest BCUT2D eigenvalue weighted by atomic mass is 16.5. The van der Waals surface area contributed by atoms with Gasteiger partial charge < -0.3 is 14.1 Å². The maximum absolute atomic E-state index is 5.48. The first-order chi connectivity index (χ1) is 12.7. The summed E-state index contributed by atoms with van der Waals surface area (Å²) in [6.07, 6.45) is 1.68. The number of hydrogen-bond donors (Lipinski definition) is 0. The molecule has 0 bridgehead atoms. The molecule has 0 amide bonds. The van der Waals surface area contributed by atoms with Gasteiger partial charge in [0.2, 0.25) is 0 Å². The molecule has 0 unspecified atom stereocenters. The van der Waals surface area contributed by atoms with Crippen LogP contribution in [0, 0.1) is 0 Å². The van der Waals surface area contributed by atoms with E-state index in [4.69, 9.17) is 19.1 Å². The normalized spacial score (nSPS) is 10.8. The second-order valence-electron chi connectivity index (χ2n) is 6.05. The molecule has 4 aromatic rings. The fourth-order valence-corrected chi connectivity index (χ4v) is 2.93. The lowest BCUT2D eigenvalue weighted by Crippen LogP contribution is -2.18. The fourth-order valence-electron chi connectivity index (χ4n) is 2.93. The van der Waals surface area contributed by atoms with Gasteiger partial charge in [-0.15, -0.1) is 0 Å². The van der Waals surface area contributed by atoms with Crippen LogP contribution in [0.2, 0.25) is 0 Å². The number of fused-ring (bicyclic) bond motifs is 1. The summed E-state index contributed by atoms with van der Waals surface area (Å²) in [6, 6.07) is 19.7. The Morgan fingerprint density at radius 3 is 2.50 bits per heavy atom. The number of anilines is 1. The van der Waals surface area contributed by atoms with E-state index in [2.05, 4.69) is 4.90 Å². The van der Waals surface area contributed by atoms with Crippen LogP contribution in [-0.2, 0) is 6.54 Å². The Bertz CT molecular complexity index is 1010. The highest BCUT2D eigenvalue weighted by Crippen LogP contribution is 2.28. The predicted molar refractivity (Wildman–Crippen MR) is 102 cm³/mol. The summed E-state index contributed by atoms with van der Waals surface area (Å²) >= 11 is 0. The van der Waals surface area contributed by atoms with Crippen LogP contribution in [0.4, 0.5) is 5.82 Å². The summed E-state index contributed by atoms with van der Waals surface area (Å²) in [7, 11) is 3.67. The molecule has 0 aliphatic heterocycles. The smallest absolute Gasteiger partial charge is 0.162 e. The molecule has 0 saturated carbocycles. The highest BCUT2D eigenvalue weighted by Gasteiger charge is 2.14. The first kappa shape index (κ1) is 16.1. The first-order valence-corrected chi connectivity index (χ1v) is 8.39. The summed E-state index contributed by atoms with van der Waals surface area (Å²) in [5.74, 6) is 3.26. The van der Waals surface area contributed by atoms with Gasteiger partial charge in [0.05, 0.1) is 25.4 Å². The third-order valence-electron chi connectivity index (χ3n) is 4.27. The van der Waals surface area contributed by atoms with E-state index in [1.54, 1.807) is 13.4 Å². The van der Waals surface area contributed by atoms with Gasteiger partial charge in [0, 0.05) is 18.0 Å². The molecule has 5 heteroatoms. The van der Waals surface area contributed by atoms with E-state index in [0.717, 1.165) is 33.8 Å². The number of hydrogen-bond acceptors (Lipinski definition) is 5. The van der Waals surface area contributed by atoms with E-state index >= 15 is 0 Å². The Morgan fingerprint density at radius 1 is 0.962 bits per heavy atom. The summed E-state index contributed by atoms with van der Waals surface area (Å²) < 4.78 is 10.7. The molecule has 5 nitrogen and oxygen atoms in total. The number of ether oxygens (including phenoxy) is 1. The van der Waals surface area contributed by atoms with Crippen molar-refractivity contribution in [3.05, 3.63) is 72.7 Å². The summed E-state index contributed by atoms with van der Waals surface area (Å²) in [4.78, 5) is 11.7. The Labute approximate surface area is 151 Å². The van der Waals surface area contributed by atoms with Crippen molar-refractivity contribution in [1.82, 2.24) is 9.97 Å². The van der Waals surface area contributed by atoms with E-state index < -0.39 is 0 Å². The first-order valence-electron chi connectivity index (χ1n) is 8.39. The molecule has 0 aliphatic rings. The van der Waals surface area contributed by atoms with Crippen molar-refractivity contribution in [2.75, 3.05) is 19.1 Å². The van der Waals surface area contributed by atoms with E-state index in [1.165, 1.54) is 0 Å². The van der Waals surface area contributed by atoms with E-state index in [1.807, 2.05) is 67.7 Å². The Morgan fingerprint density at radius 2 is 1.77 bits per heavy atom. The number of methoxy groups -OCH3 is 1. The van der Waals surface area contributed by atoms with Gasteiger partial charge in [-0.25, -0.2) is 9.97 Å². The van der Waals surface area contributed by atoms with Crippen molar-refractivity contribution in [3.63, 3.8) is 0 Å². The highest BCUT2D eigenvalue weighted by molar-refractivity contribution is 5.91. The summed E-state index contributed by atoms with van der Waals surface area (Å²) in [5.41, 5.74) is 1.86. The second-order valence-corrected chi connectivity index (χ2v) is 6.05. The topological polar surface area (TPSA) is 51.4 Å². The Hall–Kier alpha value is -3.34. The molecule has 0 N–H and O–H groups in total. The van der Waals surface area contributed by atoms with Crippen molar-refractivity contribution >= 4 is 16.7 Å². The number of rotatable bonds is 5. The van der Waals surface area contributed by atoms with Crippen LogP contribution in [0.1, 0.15) is 5.76 Å². The van der Waals surface area contributed by atoms with Crippen LogP contribution in [0.25, 0.3) is 22.3 Å². The maximum atomic E-state index is 5.48. The van der Waals surface area contributed by atoms with Crippen LogP contribution < -0.4 is 9.64 Å². The molecule has 26 heavy (non-hydrogen) atoms. The molecule has 2 aromatic heterocycles. The lowest BCUT2D eigenvalue weighted by Gasteiger charge is -2.19. The predicted octanol–water partition coefficient (Wildman–Crippen LogP) is 4.53. The van der Waals surface area contributed by atoms with E-state index in [9.17, 15) is 0 Å². The minimum absolute atomic E-state index is 0.635. The van der Waals surface area contributed by atoms with Crippen molar-refractivity contribution in [2.24, 2.45) is 0 Å². The molecule has 2 heterocycles. The van der Waals surface area contributed by atoms with Crippen molar-refractivity contribution in [3.8, 4) is 17.1 Å². The minimum atomic E-state index is 0.635. The van der Waals surface area contributed by atoms with Crippen LogP contribution in [0.15, 0.2) is 71.3 Å². The molecule has 0 atom stereocenters. The molecule has 2 aromatic carbocycles. The van der Waals surface area contributed by atoms with Gasteiger partial charge >= 0.3 is 0 Å². The third kappa shape index (κ3) is 3.11. The largest absolute Gasteiger partial charge is 0.497 e. The molecule has 0 spiro atoms. The average molecular weight is 345 g/mol. The number of nitrogens with zero attached hydrogens (tertiary/aromatic N) is 3. The molecular formula is C21H19N3O2. The number of aromatic nitrogens is 2. The SMILES string of the molecule is COc1ccc(-c2nc(N(C)Cc3ccco3)c3ccccc3n2)cc1. The Kier molecular flexibility index (Phi) is 4.27. The maximum Gasteiger partial charge on any atom is 0.162 e. The van der Waals surface area contributed by atoms with Gasteiger partial charge in [-0.2, -0.15) is 0 Å². The standard InChI is InChI=1S/C21H19N3O2/c1-24(14-17-6-5-13-26-17)21-18-7-3-4-8-19(18)22-20(23-21)15-9-11-16(25-2)12-10-15/h3-13H,14H2,1-2H3. The van der Waals surface area contributed by atoms with Crippen molar-refractivity contribution < 1.29 is 9.15 Å².